The van der Waals surface area contributed by atoms with Gasteiger partial charge in [-0.3, -0.25) is 9.69 Å². The van der Waals surface area contributed by atoms with Crippen molar-refractivity contribution in [3.63, 3.8) is 0 Å². The number of amides is 1. The van der Waals surface area contributed by atoms with E-state index in [9.17, 15) is 18.0 Å². The number of halogens is 3. The third kappa shape index (κ3) is 6.37. The number of aryl methyl sites for hydroxylation is 2. The number of rotatable bonds is 8. The summed E-state index contributed by atoms with van der Waals surface area (Å²) in [6.45, 7) is 10.3. The number of nitrogens with one attached hydrogen (secondary N) is 2. The van der Waals surface area contributed by atoms with E-state index in [2.05, 4.69) is 37.3 Å². The zero-order valence-corrected chi connectivity index (χ0v) is 26.7. The van der Waals surface area contributed by atoms with Gasteiger partial charge in [0.1, 0.15) is 5.75 Å². The maximum Gasteiger partial charge on any atom is 0.419 e. The quantitative estimate of drug-likeness (QED) is 0.313. The Morgan fingerprint density at radius 1 is 1.13 bits per heavy atom. The van der Waals surface area contributed by atoms with Gasteiger partial charge in [0.15, 0.2) is 0 Å². The molecule has 1 amide bonds. The predicted octanol–water partition coefficient (Wildman–Crippen LogP) is 5.95. The summed E-state index contributed by atoms with van der Waals surface area (Å²) in [6.07, 6.45) is -1.36. The molecule has 0 spiro atoms. The molecule has 0 bridgehead atoms. The number of piperazine rings is 1. The van der Waals surface area contributed by atoms with Crippen LogP contribution in [0.1, 0.15) is 56.0 Å². The van der Waals surface area contributed by atoms with Crippen LogP contribution in [0.25, 0.3) is 0 Å². The molecule has 3 aliphatic heterocycles. The minimum atomic E-state index is -4.62. The Bertz CT molecular complexity index is 1590. The molecule has 2 aromatic carbocycles. The molecule has 0 saturated carbocycles. The number of anilines is 4. The Kier molecular flexibility index (Phi) is 8.86. The third-order valence-electron chi connectivity index (χ3n) is 9.53. The Morgan fingerprint density at radius 2 is 1.91 bits per heavy atom. The fourth-order valence-electron chi connectivity index (χ4n) is 7.07. The molecule has 0 unspecified atom stereocenters. The number of hydrogen-bond acceptors (Lipinski definition) is 8. The van der Waals surface area contributed by atoms with Gasteiger partial charge in [-0.05, 0) is 75.8 Å². The average molecular weight is 639 g/mol. The number of carbonyl (C=O) groups is 1. The van der Waals surface area contributed by atoms with Crippen LogP contribution in [-0.2, 0) is 34.0 Å². The minimum Gasteiger partial charge on any atom is -0.494 e. The van der Waals surface area contributed by atoms with Crippen LogP contribution in [-0.4, -0.2) is 72.8 Å². The normalized spacial score (nSPS) is 20.4. The summed E-state index contributed by atoms with van der Waals surface area (Å²) in [6, 6.07) is 12.2. The number of nitrogens with zero attached hydrogens (tertiary/aromatic N) is 4. The molecule has 3 aromatic rings. The maximum absolute atomic E-state index is 14.0. The van der Waals surface area contributed by atoms with Gasteiger partial charge in [-0.2, -0.15) is 13.2 Å². The fraction of sp³-hybridized carbons (Fsp3) is 0.500. The second kappa shape index (κ2) is 12.7. The first-order chi connectivity index (χ1) is 22.0. The predicted molar refractivity (Wildman–Crippen MR) is 171 cm³/mol. The van der Waals surface area contributed by atoms with E-state index in [-0.39, 0.29) is 30.4 Å². The van der Waals surface area contributed by atoms with Crippen molar-refractivity contribution in [1.29, 1.82) is 0 Å². The Labute approximate surface area is 267 Å². The van der Waals surface area contributed by atoms with E-state index >= 15 is 0 Å². The summed E-state index contributed by atoms with van der Waals surface area (Å²) in [5.74, 6) is 0.454. The highest BCUT2D eigenvalue weighted by Gasteiger charge is 2.40. The second-order valence-corrected chi connectivity index (χ2v) is 12.9. The molecule has 3 aliphatic rings. The highest BCUT2D eigenvalue weighted by Crippen LogP contribution is 2.41. The highest BCUT2D eigenvalue weighted by atomic mass is 19.4. The molecule has 2 fully saturated rings. The minimum absolute atomic E-state index is 0.0148. The molecule has 1 atom stereocenters. The molecule has 1 aromatic heterocycles. The van der Waals surface area contributed by atoms with E-state index in [0.717, 1.165) is 68.7 Å². The SMILES string of the molecule is COc1cc(N2CCN(C3CCOCC3)[C@H](C)C2)ccc1Nc1ncc(C(F)(F)F)c(CCc2cccc3c2C(C)(C)C(=O)N3)n1. The molecule has 46 heavy (non-hydrogen) atoms. The van der Waals surface area contributed by atoms with Crippen LogP contribution in [0.4, 0.5) is 36.2 Å². The molecular weight excluding hydrogens is 597 g/mol. The van der Waals surface area contributed by atoms with E-state index in [1.165, 1.54) is 0 Å². The fourth-order valence-corrected chi connectivity index (χ4v) is 7.07. The van der Waals surface area contributed by atoms with Gasteiger partial charge in [0.25, 0.3) is 0 Å². The van der Waals surface area contributed by atoms with Crippen LogP contribution in [0.2, 0.25) is 0 Å². The molecule has 2 N–H and O–H groups in total. The first-order valence-electron chi connectivity index (χ1n) is 15.9. The van der Waals surface area contributed by atoms with Gasteiger partial charge >= 0.3 is 6.18 Å². The molecule has 0 aliphatic carbocycles. The topological polar surface area (TPSA) is 91.9 Å². The number of ether oxygens (including phenoxy) is 2. The van der Waals surface area contributed by atoms with E-state index < -0.39 is 17.2 Å². The van der Waals surface area contributed by atoms with Crippen LogP contribution >= 0.6 is 0 Å². The summed E-state index contributed by atoms with van der Waals surface area (Å²) in [4.78, 5) is 25.8. The lowest BCUT2D eigenvalue weighted by molar-refractivity contribution is -0.138. The summed E-state index contributed by atoms with van der Waals surface area (Å²) >= 11 is 0. The Balaban J connectivity index is 1.19. The van der Waals surface area contributed by atoms with Crippen LogP contribution in [0.15, 0.2) is 42.6 Å². The van der Waals surface area contributed by atoms with Crippen molar-refractivity contribution in [1.82, 2.24) is 14.9 Å². The largest absolute Gasteiger partial charge is 0.494 e. The molecule has 12 heteroatoms. The summed E-state index contributed by atoms with van der Waals surface area (Å²) < 4.78 is 53.4. The average Bonchev–Trinajstić information content (AvgIpc) is 3.27. The monoisotopic (exact) mass is 638 g/mol. The van der Waals surface area contributed by atoms with E-state index in [1.54, 1.807) is 13.2 Å². The van der Waals surface area contributed by atoms with Gasteiger partial charge < -0.3 is 25.0 Å². The second-order valence-electron chi connectivity index (χ2n) is 12.9. The first-order valence-corrected chi connectivity index (χ1v) is 15.9. The maximum atomic E-state index is 14.0. The lowest BCUT2D eigenvalue weighted by Crippen LogP contribution is -2.56. The molecule has 246 valence electrons. The molecule has 4 heterocycles. The standard InChI is InChI=1S/C34H41F3N6O3/c1-21-20-42(14-15-43(21)23-12-16-46-17-13-23)24-9-11-27(29(18-24)45-4)41-32-38-19-25(34(35,36)37)26(40-32)10-8-22-6-5-7-28-30(22)33(2,3)31(44)39-28/h5-7,9,11,18-19,21,23H,8,10,12-17,20H2,1-4H3,(H,39,44)(H,38,40,41)/t21-/m1/s1. The van der Waals surface area contributed by atoms with Crippen LogP contribution in [0.5, 0.6) is 5.75 Å². The van der Waals surface area contributed by atoms with Crippen molar-refractivity contribution >= 4 is 28.9 Å². The van der Waals surface area contributed by atoms with E-state index in [4.69, 9.17) is 9.47 Å². The van der Waals surface area contributed by atoms with Crippen molar-refractivity contribution in [2.75, 3.05) is 55.5 Å². The third-order valence-corrected chi connectivity index (χ3v) is 9.53. The zero-order valence-electron chi connectivity index (χ0n) is 26.7. The molecule has 6 rings (SSSR count). The molecular formula is C34H41F3N6O3. The van der Waals surface area contributed by atoms with Gasteiger partial charge in [0, 0.05) is 68.6 Å². The smallest absolute Gasteiger partial charge is 0.419 e. The first kappa shape index (κ1) is 32.1. The van der Waals surface area contributed by atoms with E-state index in [0.29, 0.717) is 29.2 Å². The van der Waals surface area contributed by atoms with Crippen molar-refractivity contribution < 1.29 is 27.4 Å². The number of aromatic nitrogens is 2. The lowest BCUT2D eigenvalue weighted by atomic mass is 9.82. The molecule has 0 radical (unpaired) electrons. The Morgan fingerprint density at radius 3 is 2.63 bits per heavy atom. The summed E-state index contributed by atoms with van der Waals surface area (Å²) in [7, 11) is 1.56. The van der Waals surface area contributed by atoms with Crippen LogP contribution in [0.3, 0.4) is 0 Å². The lowest BCUT2D eigenvalue weighted by Gasteiger charge is -2.45. The van der Waals surface area contributed by atoms with Crippen molar-refractivity contribution in [2.24, 2.45) is 0 Å². The van der Waals surface area contributed by atoms with Gasteiger partial charge in [-0.15, -0.1) is 0 Å². The number of hydrogen-bond donors (Lipinski definition) is 2. The Hall–Kier alpha value is -3.90. The van der Waals surface area contributed by atoms with Gasteiger partial charge in [0.05, 0.1) is 29.5 Å². The van der Waals surface area contributed by atoms with Crippen LogP contribution < -0.4 is 20.3 Å². The summed E-state index contributed by atoms with van der Waals surface area (Å²) in [5, 5.41) is 5.96. The number of benzene rings is 2. The van der Waals surface area contributed by atoms with Crippen molar-refractivity contribution in [2.45, 2.75) is 70.1 Å². The van der Waals surface area contributed by atoms with Gasteiger partial charge in [0.2, 0.25) is 11.9 Å². The van der Waals surface area contributed by atoms with Crippen molar-refractivity contribution in [3.8, 4) is 5.75 Å². The number of methoxy groups -OCH3 is 1. The number of carbonyl (C=O) groups excluding carboxylic acids is 1. The van der Waals surface area contributed by atoms with Crippen LogP contribution in [0, 0.1) is 0 Å². The van der Waals surface area contributed by atoms with Gasteiger partial charge in [-0.25, -0.2) is 9.97 Å². The summed E-state index contributed by atoms with van der Waals surface area (Å²) in [5.41, 5.74) is 2.10. The number of alkyl halides is 3. The highest BCUT2D eigenvalue weighted by molar-refractivity contribution is 6.06. The molecule has 9 nitrogen and oxygen atoms in total. The van der Waals surface area contributed by atoms with Crippen molar-refractivity contribution in [3.05, 3.63) is 65.0 Å². The van der Waals surface area contributed by atoms with E-state index in [1.807, 2.05) is 44.2 Å². The number of fused-ring (bicyclic) bond motifs is 1. The molecule has 2 saturated heterocycles. The zero-order chi connectivity index (χ0) is 32.6. The van der Waals surface area contributed by atoms with Gasteiger partial charge in [-0.1, -0.05) is 12.1 Å².